The number of ether oxygens (including phenoxy) is 2. The number of pyridine rings is 1. The minimum atomic E-state index is -0.220. The van der Waals surface area contributed by atoms with E-state index in [4.69, 9.17) is 21.1 Å². The van der Waals surface area contributed by atoms with Crippen molar-refractivity contribution in [1.29, 1.82) is 0 Å². The van der Waals surface area contributed by atoms with Gasteiger partial charge >= 0.3 is 0 Å². The van der Waals surface area contributed by atoms with Crippen LogP contribution in [0, 0.1) is 0 Å². The third kappa shape index (κ3) is 4.59. The largest absolute Gasteiger partial charge is 0.496 e. The number of hydrogen-bond acceptors (Lipinski definition) is 5. The van der Waals surface area contributed by atoms with Gasteiger partial charge in [0.05, 0.1) is 18.2 Å². The van der Waals surface area contributed by atoms with Gasteiger partial charge in [0.2, 0.25) is 0 Å². The van der Waals surface area contributed by atoms with Crippen molar-refractivity contribution < 1.29 is 19.1 Å². The smallest absolute Gasteiger partial charge is 0.256 e. The number of fused-ring (bicyclic) bond motifs is 2. The number of nitrogens with zero attached hydrogens (tertiary/aromatic N) is 1. The number of carbonyl (C=O) groups is 2. The van der Waals surface area contributed by atoms with Crippen LogP contribution < -0.4 is 14.8 Å². The monoisotopic (exact) mass is 496 g/mol. The molecule has 0 atom stereocenters. The number of aromatic nitrogens is 1. The topological polar surface area (TPSA) is 77.5 Å². The number of methoxy groups -OCH3 is 1. The fraction of sp³-hybridized carbons (Fsp3) is 0.0690. The van der Waals surface area contributed by atoms with Gasteiger partial charge in [-0.1, -0.05) is 23.7 Å². The summed E-state index contributed by atoms with van der Waals surface area (Å²) in [6.45, 7) is 1.49. The first-order valence-corrected chi connectivity index (χ1v) is 11.6. The second-order valence-electron chi connectivity index (χ2n) is 8.19. The van der Waals surface area contributed by atoms with Gasteiger partial charge in [0.1, 0.15) is 17.2 Å². The summed E-state index contributed by atoms with van der Waals surface area (Å²) in [6.07, 6.45) is 1.64. The van der Waals surface area contributed by atoms with Crippen LogP contribution in [0.5, 0.6) is 17.2 Å². The Morgan fingerprint density at radius 3 is 2.42 bits per heavy atom. The summed E-state index contributed by atoms with van der Waals surface area (Å²) in [5, 5.41) is 5.84. The summed E-state index contributed by atoms with van der Waals surface area (Å²) in [7, 11) is 1.52. The van der Waals surface area contributed by atoms with E-state index in [1.54, 1.807) is 54.7 Å². The van der Waals surface area contributed by atoms with Crippen LogP contribution in [0.4, 0.5) is 5.69 Å². The molecule has 0 aliphatic carbocycles. The molecular weight excluding hydrogens is 476 g/mol. The first-order chi connectivity index (χ1) is 17.4. The van der Waals surface area contributed by atoms with Crippen LogP contribution in [-0.2, 0) is 0 Å². The van der Waals surface area contributed by atoms with Crippen molar-refractivity contribution in [3.63, 3.8) is 0 Å². The number of amides is 1. The first kappa shape index (κ1) is 23.3. The van der Waals surface area contributed by atoms with Crippen molar-refractivity contribution in [2.75, 3.05) is 12.4 Å². The van der Waals surface area contributed by atoms with Crippen molar-refractivity contribution in [2.45, 2.75) is 6.92 Å². The number of nitrogens with one attached hydrogen (secondary N) is 1. The lowest BCUT2D eigenvalue weighted by Crippen LogP contribution is -2.12. The molecular formula is C29H21ClN2O4. The number of anilines is 1. The number of rotatable bonds is 6. The van der Waals surface area contributed by atoms with Gasteiger partial charge in [-0.15, -0.1) is 0 Å². The molecule has 0 spiro atoms. The van der Waals surface area contributed by atoms with Gasteiger partial charge in [0, 0.05) is 33.9 Å². The Bertz CT molecular complexity index is 1630. The van der Waals surface area contributed by atoms with Gasteiger partial charge < -0.3 is 14.8 Å². The van der Waals surface area contributed by atoms with Gasteiger partial charge in [-0.3, -0.25) is 14.6 Å². The Kier molecular flexibility index (Phi) is 6.27. The Labute approximate surface area is 212 Å². The van der Waals surface area contributed by atoms with Gasteiger partial charge in [-0.05, 0) is 78.4 Å². The third-order valence-corrected chi connectivity index (χ3v) is 6.08. The van der Waals surface area contributed by atoms with Gasteiger partial charge in [-0.25, -0.2) is 0 Å². The van der Waals surface area contributed by atoms with E-state index in [1.165, 1.54) is 14.0 Å². The molecule has 0 unspecified atom stereocenters. The number of ketones is 1. The summed E-state index contributed by atoms with van der Waals surface area (Å²) in [4.78, 5) is 29.5. The van der Waals surface area contributed by atoms with Crippen LogP contribution in [0.1, 0.15) is 27.6 Å². The second kappa shape index (κ2) is 9.68. The molecule has 1 heterocycles. The van der Waals surface area contributed by atoms with Crippen LogP contribution in [0.25, 0.3) is 21.7 Å². The summed E-state index contributed by atoms with van der Waals surface area (Å²) in [5.41, 5.74) is 2.31. The zero-order chi connectivity index (χ0) is 25.2. The molecule has 1 amide bonds. The summed E-state index contributed by atoms with van der Waals surface area (Å²) in [6, 6.07) is 23.2. The Morgan fingerprint density at radius 2 is 1.67 bits per heavy atom. The van der Waals surface area contributed by atoms with Crippen LogP contribution in [0.15, 0.2) is 85.1 Å². The Hall–Kier alpha value is -4.42. The number of Topliss-reactive ketones (excluding diaryl/α,β-unsaturated/α-hetero) is 1. The van der Waals surface area contributed by atoms with Crippen molar-refractivity contribution in [1.82, 2.24) is 4.98 Å². The van der Waals surface area contributed by atoms with E-state index in [0.29, 0.717) is 50.0 Å². The molecule has 36 heavy (non-hydrogen) atoms. The van der Waals surface area contributed by atoms with Crippen molar-refractivity contribution in [3.8, 4) is 17.2 Å². The van der Waals surface area contributed by atoms with E-state index in [1.807, 2.05) is 30.3 Å². The van der Waals surface area contributed by atoms with E-state index in [0.717, 1.165) is 10.8 Å². The molecule has 0 aliphatic heterocycles. The molecule has 6 nitrogen and oxygen atoms in total. The molecule has 4 aromatic carbocycles. The van der Waals surface area contributed by atoms with E-state index < -0.39 is 0 Å². The molecule has 0 fully saturated rings. The highest BCUT2D eigenvalue weighted by atomic mass is 35.5. The highest BCUT2D eigenvalue weighted by Crippen LogP contribution is 2.34. The number of carbonyl (C=O) groups excluding carboxylic acids is 2. The lowest BCUT2D eigenvalue weighted by molar-refractivity contribution is 0.101. The maximum absolute atomic E-state index is 13.0. The number of halogens is 1. The normalized spacial score (nSPS) is 10.9. The van der Waals surface area contributed by atoms with E-state index >= 15 is 0 Å². The molecule has 5 aromatic rings. The summed E-state index contributed by atoms with van der Waals surface area (Å²) < 4.78 is 11.6. The van der Waals surface area contributed by atoms with E-state index in [9.17, 15) is 9.59 Å². The average molecular weight is 497 g/mol. The van der Waals surface area contributed by atoms with E-state index in [-0.39, 0.29) is 11.7 Å². The lowest BCUT2D eigenvalue weighted by Gasteiger charge is -2.13. The minimum Gasteiger partial charge on any atom is -0.496 e. The minimum absolute atomic E-state index is 0.112. The van der Waals surface area contributed by atoms with Crippen molar-refractivity contribution >= 4 is 50.7 Å². The fourth-order valence-electron chi connectivity index (χ4n) is 4.06. The Morgan fingerprint density at radius 1 is 0.861 bits per heavy atom. The van der Waals surface area contributed by atoms with Crippen LogP contribution in [-0.4, -0.2) is 23.8 Å². The lowest BCUT2D eigenvalue weighted by atomic mass is 10.0. The quantitative estimate of drug-likeness (QED) is 0.249. The van der Waals surface area contributed by atoms with Crippen molar-refractivity contribution in [3.05, 3.63) is 101 Å². The maximum Gasteiger partial charge on any atom is 0.256 e. The van der Waals surface area contributed by atoms with Crippen LogP contribution >= 0.6 is 11.6 Å². The predicted molar refractivity (Wildman–Crippen MR) is 142 cm³/mol. The zero-order valence-corrected chi connectivity index (χ0v) is 20.3. The van der Waals surface area contributed by atoms with Crippen molar-refractivity contribution in [2.24, 2.45) is 0 Å². The predicted octanol–water partition coefficient (Wildman–Crippen LogP) is 7.30. The second-order valence-corrected chi connectivity index (χ2v) is 8.62. The van der Waals surface area contributed by atoms with E-state index in [2.05, 4.69) is 10.3 Å². The zero-order valence-electron chi connectivity index (χ0n) is 19.5. The highest BCUT2D eigenvalue weighted by molar-refractivity contribution is 6.30. The molecule has 0 bridgehead atoms. The standard InChI is InChI=1S/C29H21ClN2O4/c1-17(33)24-15-25-26(16-28(24)35-2)31-13-12-27(25)36-21-10-11-22-18(14-21)4-3-5-23(22)29(34)32-20-8-6-19(30)7-9-20/h3-16H,1-2H3,(H,32,34). The third-order valence-electron chi connectivity index (χ3n) is 5.83. The first-order valence-electron chi connectivity index (χ1n) is 11.2. The maximum atomic E-state index is 13.0. The fourth-order valence-corrected chi connectivity index (χ4v) is 4.19. The number of benzene rings is 4. The van der Waals surface area contributed by atoms with Crippen LogP contribution in [0.3, 0.4) is 0 Å². The Balaban J connectivity index is 1.48. The molecule has 178 valence electrons. The van der Waals surface area contributed by atoms with Crippen LogP contribution in [0.2, 0.25) is 5.02 Å². The molecule has 0 saturated heterocycles. The molecule has 0 aliphatic rings. The summed E-state index contributed by atoms with van der Waals surface area (Å²) in [5.74, 6) is 1.28. The molecule has 7 heteroatoms. The number of hydrogen-bond donors (Lipinski definition) is 1. The molecule has 1 N–H and O–H groups in total. The van der Waals surface area contributed by atoms with Gasteiger partial charge in [0.25, 0.3) is 5.91 Å². The molecule has 0 saturated carbocycles. The molecule has 5 rings (SSSR count). The van der Waals surface area contributed by atoms with Gasteiger partial charge in [0.15, 0.2) is 5.78 Å². The summed E-state index contributed by atoms with van der Waals surface area (Å²) >= 11 is 5.93. The molecule has 0 radical (unpaired) electrons. The SMILES string of the molecule is COc1cc2nccc(Oc3ccc4c(C(=O)Nc5ccc(Cl)cc5)cccc4c3)c2cc1C(C)=O. The van der Waals surface area contributed by atoms with Gasteiger partial charge in [-0.2, -0.15) is 0 Å². The average Bonchev–Trinajstić information content (AvgIpc) is 2.88. The highest BCUT2D eigenvalue weighted by Gasteiger charge is 2.15. The molecule has 1 aromatic heterocycles.